The monoisotopic (exact) mass is 451 g/mol. The highest BCUT2D eigenvalue weighted by atomic mass is 32.2. The van der Waals surface area contributed by atoms with Gasteiger partial charge >= 0.3 is 0 Å². The van der Waals surface area contributed by atoms with Crippen LogP contribution in [0.1, 0.15) is 28.4 Å². The Morgan fingerprint density at radius 3 is 2.12 bits per heavy atom. The molecule has 3 aromatic rings. The lowest BCUT2D eigenvalue weighted by molar-refractivity contribution is -0.116. The topological polar surface area (TPSA) is 80.8 Å². The molecule has 0 aliphatic carbocycles. The molecule has 166 valence electrons. The predicted molar refractivity (Wildman–Crippen MR) is 125 cm³/mol. The summed E-state index contributed by atoms with van der Waals surface area (Å²) in [5.41, 5.74) is 2.24. The van der Waals surface area contributed by atoms with Crippen molar-refractivity contribution in [1.29, 1.82) is 0 Å². The molecule has 0 aromatic heterocycles. The summed E-state index contributed by atoms with van der Waals surface area (Å²) in [7, 11) is -2.41. The highest BCUT2D eigenvalue weighted by molar-refractivity contribution is 7.91. The molecule has 3 aromatic carbocycles. The molecule has 0 fully saturated rings. The van der Waals surface area contributed by atoms with Crippen molar-refractivity contribution in [3.8, 4) is 5.75 Å². The van der Waals surface area contributed by atoms with Gasteiger partial charge in [0, 0.05) is 16.8 Å². The first-order chi connectivity index (χ1) is 15.3. The molecule has 6 nitrogen and oxygen atoms in total. The summed E-state index contributed by atoms with van der Waals surface area (Å²) in [5.74, 6) is -1.42. The zero-order valence-electron chi connectivity index (χ0n) is 18.0. The van der Waals surface area contributed by atoms with Gasteiger partial charge in [0.25, 0.3) is 0 Å². The molecule has 0 saturated carbocycles. The number of hydrogen-bond acceptors (Lipinski definition) is 5. The minimum Gasteiger partial charge on any atom is -0.496 e. The fourth-order valence-electron chi connectivity index (χ4n) is 3.36. The SMILES string of the molecule is COc1ccc(C(C)=O)cc1CS(=O)(=O)CC(=O)N(Cc1ccccc1)c1ccccc1. The van der Waals surface area contributed by atoms with Crippen molar-refractivity contribution in [1.82, 2.24) is 0 Å². The van der Waals surface area contributed by atoms with Crippen LogP contribution >= 0.6 is 0 Å². The smallest absolute Gasteiger partial charge is 0.242 e. The first-order valence-corrected chi connectivity index (χ1v) is 11.9. The van der Waals surface area contributed by atoms with E-state index in [1.54, 1.807) is 36.4 Å². The van der Waals surface area contributed by atoms with Crippen molar-refractivity contribution < 1.29 is 22.7 Å². The standard InChI is InChI=1S/C25H25NO5S/c1-19(27)21-13-14-24(31-2)22(15-21)17-32(29,30)18-25(28)26(23-11-7-4-8-12-23)16-20-9-5-3-6-10-20/h3-15H,16-18H2,1-2H3. The molecule has 0 aliphatic heterocycles. The quantitative estimate of drug-likeness (QED) is 0.459. The summed E-state index contributed by atoms with van der Waals surface area (Å²) in [4.78, 5) is 26.3. The summed E-state index contributed by atoms with van der Waals surface area (Å²) in [5, 5.41) is 0. The molecule has 0 saturated heterocycles. The number of sulfone groups is 1. The van der Waals surface area contributed by atoms with E-state index in [1.807, 2.05) is 36.4 Å². The average Bonchev–Trinajstić information content (AvgIpc) is 2.78. The van der Waals surface area contributed by atoms with Crippen LogP contribution in [-0.4, -0.2) is 33.0 Å². The van der Waals surface area contributed by atoms with Crippen LogP contribution < -0.4 is 9.64 Å². The predicted octanol–water partition coefficient (Wildman–Crippen LogP) is 4.05. The van der Waals surface area contributed by atoms with Crippen molar-refractivity contribution in [2.24, 2.45) is 0 Å². The zero-order chi connectivity index (χ0) is 23.1. The van der Waals surface area contributed by atoms with Crippen LogP contribution in [0.15, 0.2) is 78.9 Å². The number of ketones is 1. The molecule has 1 amide bonds. The van der Waals surface area contributed by atoms with Gasteiger partial charge < -0.3 is 9.64 Å². The normalized spacial score (nSPS) is 11.1. The van der Waals surface area contributed by atoms with Crippen LogP contribution in [0, 0.1) is 0 Å². The number of anilines is 1. The Bertz CT molecular complexity index is 1190. The van der Waals surface area contributed by atoms with Gasteiger partial charge in [-0.15, -0.1) is 0 Å². The summed E-state index contributed by atoms with van der Waals surface area (Å²) >= 11 is 0. The van der Waals surface area contributed by atoms with Gasteiger partial charge in [-0.2, -0.15) is 0 Å². The second-order valence-electron chi connectivity index (χ2n) is 7.42. The Morgan fingerprint density at radius 1 is 0.906 bits per heavy atom. The molecule has 0 atom stereocenters. The Balaban J connectivity index is 1.85. The van der Waals surface area contributed by atoms with Crippen LogP contribution in [-0.2, 0) is 26.9 Å². The molecule has 0 bridgehead atoms. The van der Waals surface area contributed by atoms with E-state index in [-0.39, 0.29) is 12.3 Å². The number of methoxy groups -OCH3 is 1. The summed E-state index contributed by atoms with van der Waals surface area (Å²) in [6, 6.07) is 23.0. The second kappa shape index (κ2) is 10.2. The number of rotatable bonds is 9. The maximum absolute atomic E-state index is 13.1. The summed E-state index contributed by atoms with van der Waals surface area (Å²) in [6.07, 6.45) is 0. The molecular weight excluding hydrogens is 426 g/mol. The van der Waals surface area contributed by atoms with Crippen molar-refractivity contribution in [3.05, 3.63) is 95.6 Å². The number of benzene rings is 3. The largest absolute Gasteiger partial charge is 0.496 e. The molecule has 0 heterocycles. The number of amides is 1. The van der Waals surface area contributed by atoms with Gasteiger partial charge in [-0.05, 0) is 42.8 Å². The third-order valence-corrected chi connectivity index (χ3v) is 6.40. The molecule has 32 heavy (non-hydrogen) atoms. The first kappa shape index (κ1) is 23.2. The van der Waals surface area contributed by atoms with Crippen LogP contribution in [0.2, 0.25) is 0 Å². The van der Waals surface area contributed by atoms with Gasteiger partial charge in [0.2, 0.25) is 5.91 Å². The van der Waals surface area contributed by atoms with Crippen molar-refractivity contribution in [2.45, 2.75) is 19.2 Å². The Morgan fingerprint density at radius 2 is 1.53 bits per heavy atom. The average molecular weight is 452 g/mol. The van der Waals surface area contributed by atoms with E-state index >= 15 is 0 Å². The Hall–Kier alpha value is -3.45. The molecule has 0 unspecified atom stereocenters. The fourth-order valence-corrected chi connectivity index (χ4v) is 4.70. The van der Waals surface area contributed by atoms with Crippen LogP contribution in [0.4, 0.5) is 5.69 Å². The molecule has 0 aliphatic rings. The zero-order valence-corrected chi connectivity index (χ0v) is 18.8. The Labute approximate surface area is 188 Å². The summed E-state index contributed by atoms with van der Waals surface area (Å²) < 4.78 is 31.2. The van der Waals surface area contributed by atoms with Gasteiger partial charge in [0.1, 0.15) is 11.5 Å². The van der Waals surface area contributed by atoms with Gasteiger partial charge in [0.15, 0.2) is 15.6 Å². The third kappa shape index (κ3) is 6.04. The summed E-state index contributed by atoms with van der Waals surface area (Å²) in [6.45, 7) is 1.66. The lowest BCUT2D eigenvalue weighted by Gasteiger charge is -2.23. The Kier molecular flexibility index (Phi) is 7.43. The second-order valence-corrected chi connectivity index (χ2v) is 9.48. The van der Waals surface area contributed by atoms with Crippen LogP contribution in [0.25, 0.3) is 0 Å². The number of ether oxygens (including phenoxy) is 1. The number of hydrogen-bond donors (Lipinski definition) is 0. The van der Waals surface area contributed by atoms with E-state index in [0.29, 0.717) is 22.6 Å². The van der Waals surface area contributed by atoms with Gasteiger partial charge in [-0.1, -0.05) is 48.5 Å². The minimum absolute atomic E-state index is 0.180. The molecule has 0 N–H and O–H groups in total. The van der Waals surface area contributed by atoms with Gasteiger partial charge in [0.05, 0.1) is 19.4 Å². The number of carbonyl (C=O) groups excluding carboxylic acids is 2. The maximum atomic E-state index is 13.1. The molecule has 0 radical (unpaired) electrons. The van der Waals surface area contributed by atoms with E-state index in [0.717, 1.165) is 5.56 Å². The minimum atomic E-state index is -3.84. The van der Waals surface area contributed by atoms with Crippen molar-refractivity contribution in [3.63, 3.8) is 0 Å². The molecular formula is C25H25NO5S. The van der Waals surface area contributed by atoms with Gasteiger partial charge in [-0.3, -0.25) is 9.59 Å². The third-order valence-electron chi connectivity index (χ3n) is 4.96. The van der Waals surface area contributed by atoms with Crippen molar-refractivity contribution >= 4 is 27.2 Å². The van der Waals surface area contributed by atoms with Crippen LogP contribution in [0.5, 0.6) is 5.75 Å². The number of nitrogens with zero attached hydrogens (tertiary/aromatic N) is 1. The first-order valence-electron chi connectivity index (χ1n) is 10.1. The fraction of sp³-hybridized carbons (Fsp3) is 0.200. The lowest BCUT2D eigenvalue weighted by Crippen LogP contribution is -2.35. The number of Topliss-reactive ketones (excluding diaryl/α,β-unsaturated/α-hetero) is 1. The van der Waals surface area contributed by atoms with E-state index in [4.69, 9.17) is 4.74 Å². The molecule has 3 rings (SSSR count). The van der Waals surface area contributed by atoms with E-state index < -0.39 is 27.3 Å². The van der Waals surface area contributed by atoms with Crippen molar-refractivity contribution in [2.75, 3.05) is 17.8 Å². The van der Waals surface area contributed by atoms with E-state index in [2.05, 4.69) is 0 Å². The van der Waals surface area contributed by atoms with E-state index in [1.165, 1.54) is 25.0 Å². The number of para-hydroxylation sites is 1. The molecule has 7 heteroatoms. The van der Waals surface area contributed by atoms with E-state index in [9.17, 15) is 18.0 Å². The number of carbonyl (C=O) groups is 2. The highest BCUT2D eigenvalue weighted by Gasteiger charge is 2.25. The maximum Gasteiger partial charge on any atom is 0.242 e. The highest BCUT2D eigenvalue weighted by Crippen LogP contribution is 2.24. The van der Waals surface area contributed by atoms with Crippen LogP contribution in [0.3, 0.4) is 0 Å². The molecule has 0 spiro atoms. The lowest BCUT2D eigenvalue weighted by atomic mass is 10.1. The van der Waals surface area contributed by atoms with Gasteiger partial charge in [-0.25, -0.2) is 8.42 Å².